The molecule has 0 radical (unpaired) electrons. The van der Waals surface area contributed by atoms with E-state index in [2.05, 4.69) is 17.5 Å². The van der Waals surface area contributed by atoms with Crippen molar-refractivity contribution in [2.45, 2.75) is 39.0 Å². The van der Waals surface area contributed by atoms with Crippen LogP contribution in [0.15, 0.2) is 41.5 Å². The first-order valence-corrected chi connectivity index (χ1v) is 10.0. The number of carbonyl (C=O) groups is 1. The molecule has 0 bridgehead atoms. The van der Waals surface area contributed by atoms with Crippen LogP contribution < -0.4 is 14.9 Å². The summed E-state index contributed by atoms with van der Waals surface area (Å²) in [6, 6.07) is 9.13. The van der Waals surface area contributed by atoms with Crippen molar-refractivity contribution in [3.63, 3.8) is 0 Å². The average Bonchev–Trinajstić information content (AvgIpc) is 2.75. The first-order chi connectivity index (χ1) is 14.9. The number of hydrogen-bond acceptors (Lipinski definition) is 7. The van der Waals surface area contributed by atoms with Gasteiger partial charge in [0.15, 0.2) is 5.75 Å². The minimum Gasteiger partial charge on any atom is -0.508 e. The normalized spacial score (nSPS) is 10.8. The molecule has 1 amide bonds. The zero-order valence-corrected chi connectivity index (χ0v) is 17.7. The monoisotopic (exact) mass is 429 g/mol. The number of benzene rings is 2. The molecule has 2 aromatic carbocycles. The minimum absolute atomic E-state index is 0.0753. The smallest absolute Gasteiger partial charge is 0.315 e. The second-order valence-corrected chi connectivity index (χ2v) is 6.87. The highest BCUT2D eigenvalue weighted by Gasteiger charge is 2.22. The molecule has 0 unspecified atom stereocenters. The Kier molecular flexibility index (Phi) is 9.28. The molecule has 31 heavy (non-hydrogen) atoms. The Hall–Kier alpha value is -3.62. The van der Waals surface area contributed by atoms with Crippen molar-refractivity contribution >= 4 is 17.8 Å². The molecule has 0 fully saturated rings. The molecule has 9 heteroatoms. The Morgan fingerprint density at radius 3 is 2.61 bits per heavy atom. The predicted octanol–water partition coefficient (Wildman–Crippen LogP) is 3.96. The molecule has 0 aliphatic rings. The number of rotatable bonds is 12. The number of nitro benzene ring substituents is 1. The fourth-order valence-corrected chi connectivity index (χ4v) is 2.84. The molecular formula is C22H27N3O6. The zero-order valence-electron chi connectivity index (χ0n) is 17.7. The van der Waals surface area contributed by atoms with Crippen LogP contribution in [0.3, 0.4) is 0 Å². The van der Waals surface area contributed by atoms with Crippen molar-refractivity contribution in [2.75, 3.05) is 13.7 Å². The van der Waals surface area contributed by atoms with E-state index in [1.54, 1.807) is 18.2 Å². The van der Waals surface area contributed by atoms with E-state index in [4.69, 9.17) is 9.47 Å². The van der Waals surface area contributed by atoms with E-state index in [0.717, 1.165) is 25.7 Å². The molecular weight excluding hydrogens is 402 g/mol. The van der Waals surface area contributed by atoms with Gasteiger partial charge < -0.3 is 14.6 Å². The van der Waals surface area contributed by atoms with Crippen molar-refractivity contribution in [3.8, 4) is 17.2 Å². The van der Waals surface area contributed by atoms with Crippen molar-refractivity contribution < 1.29 is 24.3 Å². The van der Waals surface area contributed by atoms with Gasteiger partial charge in [-0.05, 0) is 30.2 Å². The standard InChI is InChI=1S/C22H27N3O6/c1-3-4-5-6-11-31-22-19(25(28)29)12-17(13-20(22)30-2)15-23-24-21(27)14-16-7-9-18(26)10-8-16/h7-10,12-13,15,26H,3-6,11,14H2,1-2H3,(H,24,27)/b23-15-. The maximum Gasteiger partial charge on any atom is 0.315 e. The van der Waals surface area contributed by atoms with Crippen LogP contribution in [0.4, 0.5) is 5.69 Å². The topological polar surface area (TPSA) is 123 Å². The quantitative estimate of drug-likeness (QED) is 0.228. The number of aromatic hydroxyl groups is 1. The molecule has 2 rings (SSSR count). The summed E-state index contributed by atoms with van der Waals surface area (Å²) in [5, 5.41) is 24.7. The van der Waals surface area contributed by atoms with E-state index in [-0.39, 0.29) is 35.3 Å². The van der Waals surface area contributed by atoms with E-state index in [1.165, 1.54) is 31.5 Å². The van der Waals surface area contributed by atoms with Gasteiger partial charge in [-0.1, -0.05) is 38.3 Å². The van der Waals surface area contributed by atoms with Gasteiger partial charge in [0, 0.05) is 11.6 Å². The summed E-state index contributed by atoms with van der Waals surface area (Å²) >= 11 is 0. The number of phenols is 1. The second-order valence-electron chi connectivity index (χ2n) is 6.87. The third kappa shape index (κ3) is 7.61. The van der Waals surface area contributed by atoms with Gasteiger partial charge in [-0.2, -0.15) is 5.10 Å². The van der Waals surface area contributed by atoms with E-state index in [1.807, 2.05) is 0 Å². The fourth-order valence-electron chi connectivity index (χ4n) is 2.84. The molecule has 0 aliphatic heterocycles. The number of hydrazone groups is 1. The SMILES string of the molecule is CCCCCCOc1c(OC)cc(/C=N\NC(=O)Cc2ccc(O)cc2)cc1[N+](=O)[O-]. The van der Waals surface area contributed by atoms with Gasteiger partial charge >= 0.3 is 5.69 Å². The number of unbranched alkanes of at least 4 members (excludes halogenated alkanes) is 3. The lowest BCUT2D eigenvalue weighted by atomic mass is 10.1. The Balaban J connectivity index is 2.06. The van der Waals surface area contributed by atoms with E-state index < -0.39 is 4.92 Å². The van der Waals surface area contributed by atoms with Crippen molar-refractivity contribution in [2.24, 2.45) is 5.10 Å². The Bertz CT molecular complexity index is 912. The van der Waals surface area contributed by atoms with Gasteiger partial charge in [0.2, 0.25) is 11.7 Å². The number of carbonyl (C=O) groups excluding carboxylic acids is 1. The number of nitrogens with one attached hydrogen (secondary N) is 1. The lowest BCUT2D eigenvalue weighted by Gasteiger charge is -2.12. The third-order valence-electron chi connectivity index (χ3n) is 4.42. The molecule has 0 aromatic heterocycles. The lowest BCUT2D eigenvalue weighted by Crippen LogP contribution is -2.19. The van der Waals surface area contributed by atoms with Crippen molar-refractivity contribution in [1.29, 1.82) is 0 Å². The van der Waals surface area contributed by atoms with Gasteiger partial charge in [0.1, 0.15) is 5.75 Å². The summed E-state index contributed by atoms with van der Waals surface area (Å²) in [6.07, 6.45) is 5.33. The molecule has 2 N–H and O–H groups in total. The van der Waals surface area contributed by atoms with Crippen LogP contribution in [-0.4, -0.2) is 35.9 Å². The number of amides is 1. The Morgan fingerprint density at radius 2 is 1.97 bits per heavy atom. The molecule has 0 spiro atoms. The molecule has 9 nitrogen and oxygen atoms in total. The largest absolute Gasteiger partial charge is 0.508 e. The summed E-state index contributed by atoms with van der Waals surface area (Å²) in [5.74, 6) is 0.0561. The molecule has 2 aromatic rings. The molecule has 0 heterocycles. The van der Waals surface area contributed by atoms with Crippen LogP contribution in [0.1, 0.15) is 43.7 Å². The van der Waals surface area contributed by atoms with Crippen LogP contribution in [0.25, 0.3) is 0 Å². The van der Waals surface area contributed by atoms with Crippen LogP contribution in [-0.2, 0) is 11.2 Å². The number of nitro groups is 1. The van der Waals surface area contributed by atoms with Gasteiger partial charge in [0.25, 0.3) is 0 Å². The van der Waals surface area contributed by atoms with Gasteiger partial charge in [-0.15, -0.1) is 0 Å². The summed E-state index contributed by atoms with van der Waals surface area (Å²) in [6.45, 7) is 2.46. The summed E-state index contributed by atoms with van der Waals surface area (Å²) < 4.78 is 10.9. The summed E-state index contributed by atoms with van der Waals surface area (Å²) in [7, 11) is 1.41. The van der Waals surface area contributed by atoms with E-state index in [0.29, 0.717) is 17.7 Å². The maximum atomic E-state index is 12.0. The van der Waals surface area contributed by atoms with E-state index in [9.17, 15) is 20.0 Å². The highest BCUT2D eigenvalue weighted by atomic mass is 16.6. The first-order valence-electron chi connectivity index (χ1n) is 10.0. The number of phenolic OH excluding ortho intramolecular Hbond substituents is 1. The fraction of sp³-hybridized carbons (Fsp3) is 0.364. The van der Waals surface area contributed by atoms with Gasteiger partial charge in [-0.25, -0.2) is 5.43 Å². The Labute approximate surface area is 180 Å². The van der Waals surface area contributed by atoms with Crippen molar-refractivity contribution in [1.82, 2.24) is 5.43 Å². The third-order valence-corrected chi connectivity index (χ3v) is 4.42. The summed E-state index contributed by atoms with van der Waals surface area (Å²) in [4.78, 5) is 23.0. The molecule has 0 saturated carbocycles. The number of ether oxygens (including phenoxy) is 2. The molecule has 0 atom stereocenters. The molecule has 0 aliphatic carbocycles. The second kappa shape index (κ2) is 12.2. The average molecular weight is 429 g/mol. The highest BCUT2D eigenvalue weighted by Crippen LogP contribution is 2.38. The number of methoxy groups -OCH3 is 1. The number of nitrogens with zero attached hydrogens (tertiary/aromatic N) is 2. The zero-order chi connectivity index (χ0) is 22.6. The number of hydrogen-bond donors (Lipinski definition) is 2. The maximum absolute atomic E-state index is 12.0. The minimum atomic E-state index is -0.537. The molecule has 166 valence electrons. The van der Waals surface area contributed by atoms with Gasteiger partial charge in [-0.3, -0.25) is 14.9 Å². The highest BCUT2D eigenvalue weighted by molar-refractivity contribution is 5.85. The van der Waals surface area contributed by atoms with E-state index >= 15 is 0 Å². The first kappa shape index (κ1) is 23.7. The van der Waals surface area contributed by atoms with Crippen LogP contribution >= 0.6 is 0 Å². The molecule has 0 saturated heterocycles. The van der Waals surface area contributed by atoms with Crippen LogP contribution in [0, 0.1) is 10.1 Å². The Morgan fingerprint density at radius 1 is 1.23 bits per heavy atom. The van der Waals surface area contributed by atoms with Crippen LogP contribution in [0.2, 0.25) is 0 Å². The van der Waals surface area contributed by atoms with Crippen molar-refractivity contribution in [3.05, 3.63) is 57.6 Å². The van der Waals surface area contributed by atoms with Crippen LogP contribution in [0.5, 0.6) is 17.2 Å². The summed E-state index contributed by atoms with van der Waals surface area (Å²) in [5.41, 5.74) is 3.24. The van der Waals surface area contributed by atoms with Gasteiger partial charge in [0.05, 0.1) is 31.3 Å². The predicted molar refractivity (Wildman–Crippen MR) is 117 cm³/mol. The lowest BCUT2D eigenvalue weighted by molar-refractivity contribution is -0.386.